The van der Waals surface area contributed by atoms with E-state index >= 15 is 0 Å². The van der Waals surface area contributed by atoms with Crippen LogP contribution in [0.3, 0.4) is 0 Å². The number of nitrogens with one attached hydrogen (secondary N) is 1. The predicted molar refractivity (Wildman–Crippen MR) is 104 cm³/mol. The van der Waals surface area contributed by atoms with Crippen molar-refractivity contribution in [3.8, 4) is 11.4 Å². The molecule has 3 aromatic rings. The van der Waals surface area contributed by atoms with E-state index in [2.05, 4.69) is 20.8 Å². The number of amides is 1. The van der Waals surface area contributed by atoms with Crippen molar-refractivity contribution in [2.75, 3.05) is 11.9 Å². The fourth-order valence-electron chi connectivity index (χ4n) is 2.89. The van der Waals surface area contributed by atoms with Gasteiger partial charge in [0.1, 0.15) is 5.75 Å². The molecule has 1 aromatic heterocycles. The number of ketones is 1. The lowest BCUT2D eigenvalue weighted by molar-refractivity contribution is -0.118. The van der Waals surface area contributed by atoms with E-state index in [-0.39, 0.29) is 18.3 Å². The lowest BCUT2D eigenvalue weighted by atomic mass is 10.1. The highest BCUT2D eigenvalue weighted by Crippen LogP contribution is 2.31. The van der Waals surface area contributed by atoms with Gasteiger partial charge in [0.05, 0.1) is 16.6 Å². The maximum atomic E-state index is 12.9. The van der Waals surface area contributed by atoms with E-state index in [9.17, 15) is 9.59 Å². The van der Waals surface area contributed by atoms with Crippen LogP contribution in [0.1, 0.15) is 22.8 Å². The van der Waals surface area contributed by atoms with Gasteiger partial charge in [-0.05, 0) is 54.1 Å². The summed E-state index contributed by atoms with van der Waals surface area (Å²) in [5, 5.41) is 14.7. The maximum Gasteiger partial charge on any atom is 0.262 e. The number of aromatic nitrogens is 4. The number of tetrazole rings is 1. The zero-order valence-electron chi connectivity index (χ0n) is 15.2. The number of aryl methyl sites for hydroxylation is 1. The summed E-state index contributed by atoms with van der Waals surface area (Å²) in [6.45, 7) is 3.76. The molecule has 1 amide bonds. The van der Waals surface area contributed by atoms with Crippen LogP contribution in [0, 0.1) is 6.92 Å². The third-order valence-electron chi connectivity index (χ3n) is 4.33. The molecule has 1 atom stereocenters. The van der Waals surface area contributed by atoms with E-state index in [1.54, 1.807) is 29.8 Å². The Kier molecular flexibility index (Phi) is 4.82. The highest BCUT2D eigenvalue weighted by molar-refractivity contribution is 8.00. The van der Waals surface area contributed by atoms with Gasteiger partial charge in [-0.3, -0.25) is 9.59 Å². The first-order chi connectivity index (χ1) is 13.5. The Morgan fingerprint density at radius 2 is 2.11 bits per heavy atom. The number of anilines is 1. The second-order valence-corrected chi connectivity index (χ2v) is 7.64. The van der Waals surface area contributed by atoms with Gasteiger partial charge in [0.2, 0.25) is 5.16 Å². The second-order valence-electron chi connectivity index (χ2n) is 6.33. The Morgan fingerprint density at radius 3 is 2.93 bits per heavy atom. The Hall–Kier alpha value is -3.20. The van der Waals surface area contributed by atoms with Gasteiger partial charge in [0.25, 0.3) is 5.91 Å². The molecular formula is C19H17N5O3S. The van der Waals surface area contributed by atoms with Crippen LogP contribution in [0.5, 0.6) is 5.75 Å². The first-order valence-corrected chi connectivity index (χ1v) is 9.53. The van der Waals surface area contributed by atoms with Crippen molar-refractivity contribution in [1.82, 2.24) is 20.2 Å². The van der Waals surface area contributed by atoms with E-state index in [1.807, 2.05) is 31.2 Å². The van der Waals surface area contributed by atoms with Crippen molar-refractivity contribution >= 4 is 29.1 Å². The Balaban J connectivity index is 1.55. The number of benzene rings is 2. The third kappa shape index (κ3) is 3.48. The van der Waals surface area contributed by atoms with Crippen molar-refractivity contribution in [2.24, 2.45) is 0 Å². The van der Waals surface area contributed by atoms with Gasteiger partial charge in [-0.15, -0.1) is 5.10 Å². The predicted octanol–water partition coefficient (Wildman–Crippen LogP) is 2.67. The lowest BCUT2D eigenvalue weighted by Gasteiger charge is -2.19. The lowest BCUT2D eigenvalue weighted by Crippen LogP contribution is -2.25. The van der Waals surface area contributed by atoms with Crippen LogP contribution in [0.2, 0.25) is 0 Å². The largest absolute Gasteiger partial charge is 0.482 e. The van der Waals surface area contributed by atoms with E-state index in [4.69, 9.17) is 4.74 Å². The SMILES string of the molecule is Cc1ccccc1-n1nnnc1SC(C)C(=O)c1ccc2c(c1)NC(=O)CO2. The number of fused-ring (bicyclic) bond motifs is 1. The molecule has 0 saturated heterocycles. The molecule has 0 saturated carbocycles. The molecule has 1 unspecified atom stereocenters. The molecule has 8 nitrogen and oxygen atoms in total. The van der Waals surface area contributed by atoms with E-state index in [0.717, 1.165) is 11.3 Å². The van der Waals surface area contributed by atoms with E-state index in [0.29, 0.717) is 22.2 Å². The van der Waals surface area contributed by atoms with Crippen molar-refractivity contribution in [3.05, 3.63) is 53.6 Å². The third-order valence-corrected chi connectivity index (χ3v) is 5.37. The monoisotopic (exact) mass is 395 g/mol. The summed E-state index contributed by atoms with van der Waals surface area (Å²) < 4.78 is 6.96. The quantitative estimate of drug-likeness (QED) is 0.524. The van der Waals surface area contributed by atoms with Crippen LogP contribution in [0.4, 0.5) is 5.69 Å². The summed E-state index contributed by atoms with van der Waals surface area (Å²) in [5.74, 6) is 0.226. The molecule has 4 rings (SSSR count). The summed E-state index contributed by atoms with van der Waals surface area (Å²) in [6, 6.07) is 12.8. The van der Waals surface area contributed by atoms with Gasteiger partial charge < -0.3 is 10.1 Å². The van der Waals surface area contributed by atoms with Gasteiger partial charge in [-0.25, -0.2) is 0 Å². The number of nitrogens with zero attached hydrogens (tertiary/aromatic N) is 4. The normalized spacial score (nSPS) is 14.0. The minimum atomic E-state index is -0.424. The highest BCUT2D eigenvalue weighted by atomic mass is 32.2. The van der Waals surface area contributed by atoms with Crippen LogP contribution in [-0.2, 0) is 4.79 Å². The Labute approximate surface area is 165 Å². The zero-order valence-corrected chi connectivity index (χ0v) is 16.1. The van der Waals surface area contributed by atoms with Crippen LogP contribution >= 0.6 is 11.8 Å². The summed E-state index contributed by atoms with van der Waals surface area (Å²) in [7, 11) is 0. The van der Waals surface area contributed by atoms with Gasteiger partial charge in [-0.2, -0.15) is 4.68 Å². The van der Waals surface area contributed by atoms with Crippen molar-refractivity contribution in [3.63, 3.8) is 0 Å². The molecule has 0 spiro atoms. The number of para-hydroxylation sites is 1. The van der Waals surface area contributed by atoms with Gasteiger partial charge >= 0.3 is 0 Å². The standard InChI is InChI=1S/C19H17N5O3S/c1-11-5-3-4-6-15(11)24-19(21-22-23-24)28-12(2)18(26)13-7-8-16-14(9-13)20-17(25)10-27-16/h3-9,12H,10H2,1-2H3,(H,20,25). The van der Waals surface area contributed by atoms with Crippen molar-refractivity contribution in [1.29, 1.82) is 0 Å². The molecule has 0 bridgehead atoms. The van der Waals surface area contributed by atoms with Crippen LogP contribution in [0.25, 0.3) is 5.69 Å². The molecule has 28 heavy (non-hydrogen) atoms. The minimum Gasteiger partial charge on any atom is -0.482 e. The van der Waals surface area contributed by atoms with Crippen LogP contribution in [0.15, 0.2) is 47.6 Å². The van der Waals surface area contributed by atoms with Crippen molar-refractivity contribution in [2.45, 2.75) is 24.3 Å². The molecule has 0 aliphatic carbocycles. The van der Waals surface area contributed by atoms with Gasteiger partial charge in [0, 0.05) is 5.56 Å². The topological polar surface area (TPSA) is 99.0 Å². The van der Waals surface area contributed by atoms with Crippen LogP contribution < -0.4 is 10.1 Å². The number of ether oxygens (including phenoxy) is 1. The number of hydrogen-bond donors (Lipinski definition) is 1. The molecule has 2 heterocycles. The van der Waals surface area contributed by atoms with Gasteiger partial charge in [0.15, 0.2) is 12.4 Å². The molecule has 2 aromatic carbocycles. The number of Topliss-reactive ketones (excluding diaryl/α,β-unsaturated/α-hetero) is 1. The Bertz CT molecular complexity index is 1070. The number of carbonyl (C=O) groups is 2. The van der Waals surface area contributed by atoms with E-state index in [1.165, 1.54) is 11.8 Å². The fourth-order valence-corrected chi connectivity index (χ4v) is 3.77. The highest BCUT2D eigenvalue weighted by Gasteiger charge is 2.23. The molecule has 142 valence electrons. The molecule has 0 fully saturated rings. The molecular weight excluding hydrogens is 378 g/mol. The molecule has 9 heteroatoms. The number of thioether (sulfide) groups is 1. The fraction of sp³-hybridized carbons (Fsp3) is 0.211. The summed E-state index contributed by atoms with van der Waals surface area (Å²) in [6.07, 6.45) is 0. The molecule has 0 radical (unpaired) electrons. The van der Waals surface area contributed by atoms with E-state index < -0.39 is 5.25 Å². The Morgan fingerprint density at radius 1 is 1.29 bits per heavy atom. The zero-order chi connectivity index (χ0) is 19.7. The second kappa shape index (κ2) is 7.43. The number of rotatable bonds is 5. The maximum absolute atomic E-state index is 12.9. The summed E-state index contributed by atoms with van der Waals surface area (Å²) in [5.41, 5.74) is 2.88. The smallest absolute Gasteiger partial charge is 0.262 e. The molecule has 1 aliphatic heterocycles. The van der Waals surface area contributed by atoms with Gasteiger partial charge in [-0.1, -0.05) is 30.0 Å². The minimum absolute atomic E-state index is 0.0197. The molecule has 1 aliphatic rings. The average Bonchev–Trinajstić information content (AvgIpc) is 3.15. The first kappa shape index (κ1) is 18.2. The van der Waals surface area contributed by atoms with Crippen molar-refractivity contribution < 1.29 is 14.3 Å². The summed E-state index contributed by atoms with van der Waals surface area (Å²) in [4.78, 5) is 24.4. The van der Waals surface area contributed by atoms with Crippen LogP contribution in [-0.4, -0.2) is 43.8 Å². The summed E-state index contributed by atoms with van der Waals surface area (Å²) >= 11 is 1.28. The first-order valence-electron chi connectivity index (χ1n) is 8.65. The number of hydrogen-bond acceptors (Lipinski definition) is 7. The number of carbonyl (C=O) groups excluding carboxylic acids is 2. The average molecular weight is 395 g/mol. The molecule has 1 N–H and O–H groups in total.